The van der Waals surface area contributed by atoms with E-state index in [-0.39, 0.29) is 12.2 Å². The molecule has 0 saturated carbocycles. The first-order valence-electron chi connectivity index (χ1n) is 12.2. The van der Waals surface area contributed by atoms with Crippen molar-refractivity contribution in [2.24, 2.45) is 0 Å². The Morgan fingerprint density at radius 2 is 0.757 bits per heavy atom. The Morgan fingerprint density at radius 3 is 1.05 bits per heavy atom. The Hall–Kier alpha value is -3.40. The first-order chi connectivity index (χ1) is 18.1. The van der Waals surface area contributed by atoms with Crippen LogP contribution in [-0.4, -0.2) is 12.2 Å². The molecule has 6 aromatic rings. The van der Waals surface area contributed by atoms with E-state index >= 15 is 0 Å². The van der Waals surface area contributed by atoms with Crippen LogP contribution in [0.4, 0.5) is 0 Å². The Morgan fingerprint density at radius 1 is 0.486 bits per heavy atom. The van der Waals surface area contributed by atoms with Crippen LogP contribution in [0.3, 0.4) is 0 Å². The average molecular weight is 532 g/mol. The molecule has 4 aromatic carbocycles. The molecule has 0 amide bonds. The van der Waals surface area contributed by atoms with Gasteiger partial charge in [0.2, 0.25) is 0 Å². The molecule has 0 aliphatic rings. The van der Waals surface area contributed by atoms with Gasteiger partial charge in [-0.15, -0.1) is 0 Å². The van der Waals surface area contributed by atoms with Crippen LogP contribution in [0.1, 0.15) is 20.3 Å². The Kier molecular flexibility index (Phi) is 6.82. The van der Waals surface area contributed by atoms with E-state index in [0.717, 1.165) is 43.9 Å². The highest BCUT2D eigenvalue weighted by atomic mass is 31.1. The third kappa shape index (κ3) is 5.20. The van der Waals surface area contributed by atoms with Crippen molar-refractivity contribution < 1.29 is 25.8 Å². The van der Waals surface area contributed by atoms with Gasteiger partial charge in [0.25, 0.3) is 0 Å². The SMILES string of the molecule is C[C@@H](C[C@H](C)Op1oc2ccccc2c2ccccc2o1)Op1oc2ccccc2c2ccccc2o1. The second-order valence-corrected chi connectivity index (χ2v) is 10.9. The Bertz CT molecular complexity index is 1530. The number of hydrogen-bond acceptors (Lipinski definition) is 6. The lowest BCUT2D eigenvalue weighted by molar-refractivity contribution is 0.184. The molecule has 2 heterocycles. The standard InChI is InChI=1S/C29H26O6P2/c1-20(30-36-32-26-15-7-3-11-22(26)23-12-4-8-16-27(23)33-36)19-21(2)31-37-34-28-17-9-5-13-24(28)25-14-6-10-18-29(25)35-37/h3-18,20-21H,19H2,1-2H3/t20-,21-/m0/s1. The molecule has 0 bridgehead atoms. The van der Waals surface area contributed by atoms with Gasteiger partial charge in [0, 0.05) is 28.0 Å². The van der Waals surface area contributed by atoms with Crippen LogP contribution in [0.5, 0.6) is 0 Å². The highest BCUT2D eigenvalue weighted by molar-refractivity contribution is 7.32. The molecule has 0 aliphatic carbocycles. The molecule has 0 saturated heterocycles. The van der Waals surface area contributed by atoms with Gasteiger partial charge in [0.05, 0.1) is 12.2 Å². The van der Waals surface area contributed by atoms with Crippen molar-refractivity contribution in [2.45, 2.75) is 32.5 Å². The van der Waals surface area contributed by atoms with Gasteiger partial charge in [-0.25, -0.2) is 0 Å². The van der Waals surface area contributed by atoms with Gasteiger partial charge in [0.1, 0.15) is 22.3 Å². The van der Waals surface area contributed by atoms with E-state index in [2.05, 4.69) is 0 Å². The summed E-state index contributed by atoms with van der Waals surface area (Å²) in [5.41, 5.74) is 2.99. The van der Waals surface area contributed by atoms with Gasteiger partial charge in [-0.05, 0) is 38.1 Å². The van der Waals surface area contributed by atoms with Crippen molar-refractivity contribution in [1.29, 1.82) is 0 Å². The van der Waals surface area contributed by atoms with Gasteiger partial charge in [-0.2, -0.15) is 0 Å². The summed E-state index contributed by atoms with van der Waals surface area (Å²) in [6.45, 7) is 3.98. The lowest BCUT2D eigenvalue weighted by Crippen LogP contribution is -2.21. The van der Waals surface area contributed by atoms with E-state index in [1.165, 1.54) is 0 Å². The highest BCUT2D eigenvalue weighted by Gasteiger charge is 2.17. The summed E-state index contributed by atoms with van der Waals surface area (Å²) in [7, 11) is -3.30. The van der Waals surface area contributed by atoms with Crippen LogP contribution in [0.15, 0.2) is 114 Å². The summed E-state index contributed by atoms with van der Waals surface area (Å²) < 4.78 is 37.2. The maximum atomic E-state index is 6.25. The van der Waals surface area contributed by atoms with Crippen LogP contribution in [-0.2, 0) is 0 Å². The number of fused-ring (bicyclic) bond motifs is 6. The van der Waals surface area contributed by atoms with E-state index in [9.17, 15) is 0 Å². The van der Waals surface area contributed by atoms with E-state index in [1.807, 2.05) is 111 Å². The molecule has 6 rings (SSSR count). The Labute approximate surface area is 215 Å². The smallest absolute Gasteiger partial charge is 0.387 e. The number of benzene rings is 4. The number of hydrogen-bond donors (Lipinski definition) is 0. The van der Waals surface area contributed by atoms with Gasteiger partial charge in [0.15, 0.2) is 0 Å². The summed E-state index contributed by atoms with van der Waals surface area (Å²) in [5, 5.41) is 3.95. The zero-order valence-electron chi connectivity index (χ0n) is 20.4. The van der Waals surface area contributed by atoms with Gasteiger partial charge in [-0.3, -0.25) is 9.05 Å². The fraction of sp³-hybridized carbons (Fsp3) is 0.172. The van der Waals surface area contributed by atoms with E-state index in [1.54, 1.807) is 0 Å². The van der Waals surface area contributed by atoms with E-state index in [0.29, 0.717) is 6.42 Å². The summed E-state index contributed by atoms with van der Waals surface area (Å²) in [5.74, 6) is 0. The second kappa shape index (κ2) is 10.5. The molecular formula is C29H26O6P2. The summed E-state index contributed by atoms with van der Waals surface area (Å²) in [6, 6.07) is 31.6. The minimum absolute atomic E-state index is 0.194. The molecule has 8 heteroatoms. The third-order valence-electron chi connectivity index (χ3n) is 6.02. The van der Waals surface area contributed by atoms with Crippen molar-refractivity contribution >= 4 is 60.4 Å². The maximum Gasteiger partial charge on any atom is 0.387 e. The largest absolute Gasteiger partial charge is 0.399 e. The molecule has 0 radical (unpaired) electrons. The highest BCUT2D eigenvalue weighted by Crippen LogP contribution is 2.36. The lowest BCUT2D eigenvalue weighted by atomic mass is 10.1. The maximum absolute atomic E-state index is 6.25. The normalized spacial score (nSPS) is 13.2. The first-order valence-corrected chi connectivity index (χ1v) is 14.4. The van der Waals surface area contributed by atoms with Crippen LogP contribution in [0, 0.1) is 0 Å². The van der Waals surface area contributed by atoms with Crippen LogP contribution in [0.2, 0.25) is 0 Å². The molecule has 0 aliphatic heterocycles. The summed E-state index contributed by atoms with van der Waals surface area (Å²) in [4.78, 5) is 0. The van der Waals surface area contributed by atoms with E-state index < -0.39 is 16.5 Å². The molecular weight excluding hydrogens is 506 g/mol. The fourth-order valence-corrected chi connectivity index (χ4v) is 6.65. The number of rotatable bonds is 6. The molecule has 2 aromatic heterocycles. The fourth-order valence-electron chi connectivity index (χ4n) is 4.37. The molecule has 0 fully saturated rings. The third-order valence-corrected chi connectivity index (χ3v) is 8.46. The summed E-state index contributed by atoms with van der Waals surface area (Å²) in [6.07, 6.45) is 0.212. The molecule has 2 atom stereocenters. The average Bonchev–Trinajstić information content (AvgIpc) is 3.15. The monoisotopic (exact) mass is 532 g/mol. The molecule has 0 spiro atoms. The Balaban J connectivity index is 1.26. The van der Waals surface area contributed by atoms with Crippen molar-refractivity contribution in [2.75, 3.05) is 0 Å². The van der Waals surface area contributed by atoms with Crippen LogP contribution in [0.25, 0.3) is 43.9 Å². The zero-order chi connectivity index (χ0) is 25.2. The van der Waals surface area contributed by atoms with Crippen molar-refractivity contribution in [3.05, 3.63) is 97.1 Å². The molecule has 188 valence electrons. The number of para-hydroxylation sites is 4. The quantitative estimate of drug-likeness (QED) is 0.213. The van der Waals surface area contributed by atoms with Crippen molar-refractivity contribution in [3.63, 3.8) is 0 Å². The first kappa shape index (κ1) is 24.0. The molecule has 0 unspecified atom stereocenters. The van der Waals surface area contributed by atoms with Crippen LogP contribution < -0.4 is 9.05 Å². The summed E-state index contributed by atoms with van der Waals surface area (Å²) >= 11 is 0. The van der Waals surface area contributed by atoms with Crippen molar-refractivity contribution in [3.8, 4) is 0 Å². The van der Waals surface area contributed by atoms with Crippen LogP contribution >= 0.6 is 16.5 Å². The second-order valence-electron chi connectivity index (χ2n) is 8.86. The van der Waals surface area contributed by atoms with Gasteiger partial charge >= 0.3 is 16.5 Å². The predicted molar refractivity (Wildman–Crippen MR) is 149 cm³/mol. The minimum Gasteiger partial charge on any atom is -0.399 e. The zero-order valence-corrected chi connectivity index (χ0v) is 22.2. The lowest BCUT2D eigenvalue weighted by Gasteiger charge is -2.15. The van der Waals surface area contributed by atoms with Crippen molar-refractivity contribution in [1.82, 2.24) is 0 Å². The topological polar surface area (TPSA) is 71.0 Å². The molecule has 0 N–H and O–H groups in total. The van der Waals surface area contributed by atoms with Gasteiger partial charge < -0.3 is 16.8 Å². The minimum atomic E-state index is -1.65. The van der Waals surface area contributed by atoms with Gasteiger partial charge in [-0.1, -0.05) is 72.8 Å². The van der Waals surface area contributed by atoms with E-state index in [4.69, 9.17) is 25.8 Å². The molecule has 6 nitrogen and oxygen atoms in total. The predicted octanol–water partition coefficient (Wildman–Crippen LogP) is 9.62. The molecule has 37 heavy (non-hydrogen) atoms.